The van der Waals surface area contributed by atoms with Crippen molar-refractivity contribution in [3.63, 3.8) is 0 Å². The van der Waals surface area contributed by atoms with Crippen molar-refractivity contribution in [2.75, 3.05) is 6.61 Å². The number of rotatable bonds is 3. The fourth-order valence-electron chi connectivity index (χ4n) is 2.57. The van der Waals surface area contributed by atoms with Gasteiger partial charge in [0.25, 0.3) is 0 Å². The maximum Gasteiger partial charge on any atom is 0.348 e. The van der Waals surface area contributed by atoms with Gasteiger partial charge in [-0.15, -0.1) is 16.4 Å². The van der Waals surface area contributed by atoms with Gasteiger partial charge in [0.1, 0.15) is 21.7 Å². The molecule has 4 aromatic heterocycles. The molecule has 4 heterocycles. The second-order valence-corrected chi connectivity index (χ2v) is 6.34. The van der Waals surface area contributed by atoms with Gasteiger partial charge in [0.15, 0.2) is 5.65 Å². The van der Waals surface area contributed by atoms with Crippen LogP contribution < -0.4 is 0 Å². The molecule has 0 saturated carbocycles. The highest BCUT2D eigenvalue weighted by Crippen LogP contribution is 2.32. The molecule has 0 aliphatic heterocycles. The summed E-state index contributed by atoms with van der Waals surface area (Å²) in [4.78, 5) is 22.4. The van der Waals surface area contributed by atoms with Crippen LogP contribution in [0.5, 0.6) is 0 Å². The predicted octanol–water partition coefficient (Wildman–Crippen LogP) is 2.52. The lowest BCUT2D eigenvalue weighted by atomic mass is 10.2. The van der Waals surface area contributed by atoms with Crippen molar-refractivity contribution in [2.24, 2.45) is 0 Å². The van der Waals surface area contributed by atoms with Gasteiger partial charge in [0.05, 0.1) is 12.0 Å². The van der Waals surface area contributed by atoms with Crippen LogP contribution in [-0.2, 0) is 4.74 Å². The van der Waals surface area contributed by atoms with E-state index in [1.54, 1.807) is 17.8 Å². The number of fused-ring (bicyclic) bond motifs is 3. The number of aromatic amines is 1. The zero-order valence-electron chi connectivity index (χ0n) is 13.3. The summed E-state index contributed by atoms with van der Waals surface area (Å²) in [6, 6.07) is 1.88. The molecule has 122 valence electrons. The molecule has 0 bridgehead atoms. The number of carbonyl (C=O) groups excluding carboxylic acids is 1. The van der Waals surface area contributed by atoms with Gasteiger partial charge >= 0.3 is 5.97 Å². The number of aromatic nitrogens is 6. The van der Waals surface area contributed by atoms with Crippen LogP contribution in [0.1, 0.15) is 27.9 Å². The topological polar surface area (TPSA) is 98.1 Å². The summed E-state index contributed by atoms with van der Waals surface area (Å²) >= 11 is 1.31. The summed E-state index contributed by atoms with van der Waals surface area (Å²) in [7, 11) is 0. The van der Waals surface area contributed by atoms with Gasteiger partial charge in [0, 0.05) is 5.69 Å². The van der Waals surface area contributed by atoms with E-state index < -0.39 is 0 Å². The highest BCUT2D eigenvalue weighted by Gasteiger charge is 2.21. The molecular formula is C15H14N6O2S. The smallest absolute Gasteiger partial charge is 0.348 e. The molecule has 9 heteroatoms. The third kappa shape index (κ3) is 2.16. The van der Waals surface area contributed by atoms with Gasteiger partial charge in [-0.05, 0) is 32.4 Å². The molecule has 0 amide bonds. The van der Waals surface area contributed by atoms with E-state index in [9.17, 15) is 4.79 Å². The van der Waals surface area contributed by atoms with E-state index >= 15 is 0 Å². The molecule has 24 heavy (non-hydrogen) atoms. The first kappa shape index (κ1) is 14.8. The number of hydrogen-bond donors (Lipinski definition) is 1. The van der Waals surface area contributed by atoms with Crippen molar-refractivity contribution in [2.45, 2.75) is 20.8 Å². The molecule has 0 spiro atoms. The Morgan fingerprint density at radius 3 is 2.96 bits per heavy atom. The SMILES string of the molecule is CCOC(=O)c1sc2ncn3nc(-c4cc(C)[nH]n4)nc3c2c1C. The van der Waals surface area contributed by atoms with E-state index in [4.69, 9.17) is 4.74 Å². The fraction of sp³-hybridized carbons (Fsp3) is 0.267. The average molecular weight is 342 g/mol. The van der Waals surface area contributed by atoms with Crippen LogP contribution in [0.3, 0.4) is 0 Å². The van der Waals surface area contributed by atoms with E-state index in [2.05, 4.69) is 25.3 Å². The lowest BCUT2D eigenvalue weighted by molar-refractivity contribution is 0.0531. The molecule has 4 rings (SSSR count). The van der Waals surface area contributed by atoms with Crippen molar-refractivity contribution in [3.8, 4) is 11.5 Å². The Labute approximate surface area is 140 Å². The van der Waals surface area contributed by atoms with Gasteiger partial charge in [-0.3, -0.25) is 5.10 Å². The predicted molar refractivity (Wildman–Crippen MR) is 89.2 cm³/mol. The summed E-state index contributed by atoms with van der Waals surface area (Å²) in [5.74, 6) is 0.177. The highest BCUT2D eigenvalue weighted by atomic mass is 32.1. The second-order valence-electron chi connectivity index (χ2n) is 5.34. The number of H-pyrrole nitrogens is 1. The van der Waals surface area contributed by atoms with Gasteiger partial charge in [-0.1, -0.05) is 0 Å². The normalized spacial score (nSPS) is 11.5. The largest absolute Gasteiger partial charge is 0.462 e. The molecule has 8 nitrogen and oxygen atoms in total. The number of esters is 1. The first-order valence-electron chi connectivity index (χ1n) is 7.42. The van der Waals surface area contributed by atoms with Crippen molar-refractivity contribution >= 4 is 33.2 Å². The number of aryl methyl sites for hydroxylation is 2. The van der Waals surface area contributed by atoms with Crippen LogP contribution in [0.4, 0.5) is 0 Å². The van der Waals surface area contributed by atoms with E-state index in [0.717, 1.165) is 21.5 Å². The van der Waals surface area contributed by atoms with Gasteiger partial charge < -0.3 is 4.74 Å². The number of hydrogen-bond acceptors (Lipinski definition) is 7. The Hall–Kier alpha value is -2.81. The summed E-state index contributed by atoms with van der Waals surface area (Å²) in [6.07, 6.45) is 1.60. The van der Waals surface area contributed by atoms with Crippen LogP contribution >= 0.6 is 11.3 Å². The lowest BCUT2D eigenvalue weighted by Crippen LogP contribution is -2.03. The highest BCUT2D eigenvalue weighted by molar-refractivity contribution is 7.20. The minimum absolute atomic E-state index is 0.334. The van der Waals surface area contributed by atoms with E-state index in [-0.39, 0.29) is 5.97 Å². The average Bonchev–Trinajstić information content (AvgIpc) is 3.23. The Morgan fingerprint density at radius 2 is 2.25 bits per heavy atom. The third-order valence-corrected chi connectivity index (χ3v) is 4.84. The molecule has 0 aliphatic rings. The minimum atomic E-state index is -0.334. The Balaban J connectivity index is 1.93. The Morgan fingerprint density at radius 1 is 1.42 bits per heavy atom. The quantitative estimate of drug-likeness (QED) is 0.575. The molecule has 0 aliphatic carbocycles. The van der Waals surface area contributed by atoms with Crippen molar-refractivity contribution in [3.05, 3.63) is 28.5 Å². The zero-order valence-corrected chi connectivity index (χ0v) is 14.1. The van der Waals surface area contributed by atoms with Crippen molar-refractivity contribution < 1.29 is 9.53 Å². The molecule has 0 saturated heterocycles. The van der Waals surface area contributed by atoms with Crippen LogP contribution in [0.25, 0.3) is 27.4 Å². The third-order valence-electron chi connectivity index (χ3n) is 3.66. The lowest BCUT2D eigenvalue weighted by Gasteiger charge is -1.99. The van der Waals surface area contributed by atoms with E-state index in [1.165, 1.54) is 11.3 Å². The van der Waals surface area contributed by atoms with Crippen molar-refractivity contribution in [1.29, 1.82) is 0 Å². The summed E-state index contributed by atoms with van der Waals surface area (Å²) in [5, 5.41) is 12.3. The molecule has 0 radical (unpaired) electrons. The van der Waals surface area contributed by atoms with Gasteiger partial charge in [-0.25, -0.2) is 19.3 Å². The molecule has 0 fully saturated rings. The van der Waals surface area contributed by atoms with Crippen LogP contribution in [0.15, 0.2) is 12.4 Å². The number of carbonyl (C=O) groups is 1. The molecule has 4 aromatic rings. The molecule has 0 aromatic carbocycles. The molecule has 0 unspecified atom stereocenters. The summed E-state index contributed by atoms with van der Waals surface area (Å²) < 4.78 is 6.72. The molecule has 0 atom stereocenters. The van der Waals surface area contributed by atoms with Crippen LogP contribution in [0.2, 0.25) is 0 Å². The second kappa shape index (κ2) is 5.38. The van der Waals surface area contributed by atoms with Crippen LogP contribution in [0, 0.1) is 13.8 Å². The number of thiophene rings is 1. The first-order chi connectivity index (χ1) is 11.6. The first-order valence-corrected chi connectivity index (χ1v) is 8.24. The fourth-order valence-corrected chi connectivity index (χ4v) is 3.60. The minimum Gasteiger partial charge on any atom is -0.462 e. The Bertz CT molecular complexity index is 1080. The van der Waals surface area contributed by atoms with Gasteiger partial charge in [-0.2, -0.15) is 5.10 Å². The van der Waals surface area contributed by atoms with E-state index in [0.29, 0.717) is 28.6 Å². The molecular weight excluding hydrogens is 328 g/mol. The Kier molecular flexibility index (Phi) is 3.31. The van der Waals surface area contributed by atoms with Crippen molar-refractivity contribution in [1.82, 2.24) is 29.8 Å². The van der Waals surface area contributed by atoms with E-state index in [1.807, 2.05) is 19.9 Å². The molecule has 1 N–H and O–H groups in total. The number of nitrogens with zero attached hydrogens (tertiary/aromatic N) is 5. The number of ether oxygens (including phenoxy) is 1. The maximum atomic E-state index is 12.1. The van der Waals surface area contributed by atoms with Crippen LogP contribution in [-0.4, -0.2) is 42.4 Å². The zero-order chi connectivity index (χ0) is 16.8. The number of nitrogens with one attached hydrogen (secondary N) is 1. The summed E-state index contributed by atoms with van der Waals surface area (Å²) in [6.45, 7) is 5.91. The standard InChI is InChI=1S/C15H14N6O2S/c1-4-23-15(22)11-8(3)10-13-17-12(9-5-7(2)18-19-9)20-21(13)6-16-14(10)24-11/h5-6H,4H2,1-3H3,(H,18,19). The maximum absolute atomic E-state index is 12.1. The van der Waals surface area contributed by atoms with Gasteiger partial charge in [0.2, 0.25) is 5.82 Å². The monoisotopic (exact) mass is 342 g/mol. The summed E-state index contributed by atoms with van der Waals surface area (Å²) in [5.41, 5.74) is 3.06.